The lowest BCUT2D eigenvalue weighted by Crippen LogP contribution is -2.21. The number of hydrogen-bond acceptors (Lipinski definition) is 7. The van der Waals surface area contributed by atoms with Gasteiger partial charge in [-0.3, -0.25) is 9.55 Å². The third kappa shape index (κ3) is 5.14. The summed E-state index contributed by atoms with van der Waals surface area (Å²) >= 11 is 0. The number of nitrogens with zero attached hydrogens (tertiary/aromatic N) is 6. The molecule has 5 heterocycles. The normalized spacial score (nSPS) is 14.3. The third-order valence-electron chi connectivity index (χ3n) is 6.67. The van der Waals surface area contributed by atoms with Crippen LogP contribution in [0.4, 0.5) is 10.1 Å². The van der Waals surface area contributed by atoms with Crippen LogP contribution in [0.5, 0.6) is 0 Å². The van der Waals surface area contributed by atoms with Crippen molar-refractivity contribution in [3.8, 4) is 5.82 Å². The second-order valence-electron chi connectivity index (χ2n) is 10.1. The van der Waals surface area contributed by atoms with Crippen LogP contribution >= 0.6 is 0 Å². The van der Waals surface area contributed by atoms with E-state index in [1.54, 1.807) is 18.7 Å². The monoisotopic (exact) mass is 536 g/mol. The largest absolute Gasteiger partial charge is 0.383 e. The van der Waals surface area contributed by atoms with Crippen LogP contribution in [0.1, 0.15) is 57.3 Å². The maximum atomic E-state index is 16.4. The highest BCUT2D eigenvalue weighted by Crippen LogP contribution is 2.37. The number of aromatic nitrogens is 6. The lowest BCUT2D eigenvalue weighted by molar-refractivity contribution is 0.628. The zero-order chi connectivity index (χ0) is 28.4. The molecule has 0 spiro atoms. The molecule has 1 aliphatic rings. The van der Waals surface area contributed by atoms with Crippen LogP contribution in [0.25, 0.3) is 28.0 Å². The highest BCUT2D eigenvalue weighted by atomic mass is 19.1. The van der Waals surface area contributed by atoms with Crippen LogP contribution < -0.4 is 10.6 Å². The summed E-state index contributed by atoms with van der Waals surface area (Å²) in [5.41, 5.74) is 7.34. The van der Waals surface area contributed by atoms with Gasteiger partial charge in [-0.2, -0.15) is 0 Å². The van der Waals surface area contributed by atoms with E-state index in [9.17, 15) is 0 Å². The fourth-order valence-corrected chi connectivity index (χ4v) is 4.90. The summed E-state index contributed by atoms with van der Waals surface area (Å²) in [5, 5.41) is 7.24. The molecule has 9 heteroatoms. The topological polar surface area (TPSA) is 93.4 Å². The first kappa shape index (κ1) is 26.9. The minimum atomic E-state index is -0.459. The molecule has 0 unspecified atom stereocenters. The molecule has 0 aliphatic carbocycles. The number of nitrogens with one attached hydrogen (secondary N) is 2. The van der Waals surface area contributed by atoms with Crippen molar-refractivity contribution in [2.45, 2.75) is 54.0 Å². The molecule has 0 fully saturated rings. The molecule has 0 bridgehead atoms. The number of pyridine rings is 2. The average Bonchev–Trinajstić information content (AvgIpc) is 3.37. The standard InChI is InChI=1S/C31H33FN8/c1-7-9-22(38-18(3)4)13-21(8-2)29-27(32)26-25(14-34-29)35-16-36-30(26)28-19(5)12-23-24(39-28)10-11-33-31(23)40-15-20(6)37-17-40/h7-11,13-18,38-39H,12H2,1-6H3/b9-7+,21-8+,22-13+. The van der Waals surface area contributed by atoms with Crippen molar-refractivity contribution >= 4 is 27.9 Å². The second-order valence-corrected chi connectivity index (χ2v) is 10.1. The molecule has 1 aliphatic heterocycles. The van der Waals surface area contributed by atoms with Crippen LogP contribution in [-0.4, -0.2) is 35.5 Å². The Balaban J connectivity index is 1.61. The van der Waals surface area contributed by atoms with E-state index in [1.165, 1.54) is 6.33 Å². The fraction of sp³-hybridized carbons (Fsp3) is 0.258. The molecule has 8 nitrogen and oxygen atoms in total. The fourth-order valence-electron chi connectivity index (χ4n) is 4.90. The Hall–Kier alpha value is -4.66. The molecular weight excluding hydrogens is 503 g/mol. The van der Waals surface area contributed by atoms with E-state index in [0.717, 1.165) is 39.7 Å². The summed E-state index contributed by atoms with van der Waals surface area (Å²) in [6.07, 6.45) is 16.8. The van der Waals surface area contributed by atoms with Gasteiger partial charge in [0.1, 0.15) is 29.9 Å². The molecule has 40 heavy (non-hydrogen) atoms. The minimum absolute atomic E-state index is 0.221. The Morgan fingerprint density at radius 1 is 1.12 bits per heavy atom. The smallest absolute Gasteiger partial charge is 0.161 e. The number of rotatable bonds is 7. The summed E-state index contributed by atoms with van der Waals surface area (Å²) in [7, 11) is 0. The molecule has 4 aromatic heterocycles. The first-order valence-electron chi connectivity index (χ1n) is 13.3. The van der Waals surface area contributed by atoms with Crippen molar-refractivity contribution in [1.29, 1.82) is 0 Å². The summed E-state index contributed by atoms with van der Waals surface area (Å²) in [6, 6.07) is 2.15. The van der Waals surface area contributed by atoms with Crippen molar-refractivity contribution in [3.05, 3.63) is 101 Å². The van der Waals surface area contributed by atoms with E-state index in [4.69, 9.17) is 0 Å². The lowest BCUT2D eigenvalue weighted by atomic mass is 9.96. The summed E-state index contributed by atoms with van der Waals surface area (Å²) in [4.78, 5) is 22.3. The Labute approximate surface area is 233 Å². The molecule has 4 aromatic rings. The van der Waals surface area contributed by atoms with E-state index in [-0.39, 0.29) is 11.7 Å². The van der Waals surface area contributed by atoms with Gasteiger partial charge in [-0.25, -0.2) is 24.3 Å². The van der Waals surface area contributed by atoms with Crippen molar-refractivity contribution in [1.82, 2.24) is 34.8 Å². The van der Waals surface area contributed by atoms with Gasteiger partial charge in [0.25, 0.3) is 0 Å². The maximum Gasteiger partial charge on any atom is 0.161 e. The Kier molecular flexibility index (Phi) is 7.55. The van der Waals surface area contributed by atoms with Crippen LogP contribution in [0.2, 0.25) is 0 Å². The van der Waals surface area contributed by atoms with Gasteiger partial charge in [0, 0.05) is 47.4 Å². The molecule has 0 radical (unpaired) electrons. The van der Waals surface area contributed by atoms with Gasteiger partial charge in [-0.1, -0.05) is 12.2 Å². The van der Waals surface area contributed by atoms with Crippen LogP contribution in [0, 0.1) is 12.7 Å². The third-order valence-corrected chi connectivity index (χ3v) is 6.67. The highest BCUT2D eigenvalue weighted by Gasteiger charge is 2.25. The van der Waals surface area contributed by atoms with Crippen molar-refractivity contribution < 1.29 is 4.39 Å². The van der Waals surface area contributed by atoms with Gasteiger partial charge in [0.05, 0.1) is 28.5 Å². The number of halogens is 1. The number of hydrogen-bond donors (Lipinski definition) is 2. The average molecular weight is 537 g/mol. The van der Waals surface area contributed by atoms with Crippen molar-refractivity contribution in [2.75, 3.05) is 5.32 Å². The zero-order valence-electron chi connectivity index (χ0n) is 23.6. The molecule has 0 aromatic carbocycles. The summed E-state index contributed by atoms with van der Waals surface area (Å²) in [5.74, 6) is 0.352. The van der Waals surface area contributed by atoms with Crippen LogP contribution in [0.15, 0.2) is 72.9 Å². The van der Waals surface area contributed by atoms with Gasteiger partial charge in [-0.05, 0) is 65.3 Å². The first-order chi connectivity index (χ1) is 19.3. The van der Waals surface area contributed by atoms with Gasteiger partial charge < -0.3 is 10.6 Å². The van der Waals surface area contributed by atoms with E-state index in [0.29, 0.717) is 28.6 Å². The lowest BCUT2D eigenvalue weighted by Gasteiger charge is -2.25. The predicted molar refractivity (Wildman–Crippen MR) is 158 cm³/mol. The van der Waals surface area contributed by atoms with E-state index >= 15 is 4.39 Å². The Bertz CT molecular complexity index is 1710. The summed E-state index contributed by atoms with van der Waals surface area (Å²) < 4.78 is 18.3. The van der Waals surface area contributed by atoms with E-state index in [1.807, 2.05) is 68.8 Å². The van der Waals surface area contributed by atoms with Crippen LogP contribution in [0.3, 0.4) is 0 Å². The van der Waals surface area contributed by atoms with E-state index < -0.39 is 5.82 Å². The molecule has 0 saturated carbocycles. The Morgan fingerprint density at radius 2 is 1.95 bits per heavy atom. The molecule has 0 amide bonds. The predicted octanol–water partition coefficient (Wildman–Crippen LogP) is 6.31. The van der Waals surface area contributed by atoms with Crippen LogP contribution in [-0.2, 0) is 6.42 Å². The second kappa shape index (κ2) is 11.2. The molecular formula is C31H33FN8. The van der Waals surface area contributed by atoms with Gasteiger partial charge in [0.2, 0.25) is 0 Å². The number of aryl methyl sites for hydroxylation is 1. The maximum absolute atomic E-state index is 16.4. The number of anilines is 1. The zero-order valence-corrected chi connectivity index (χ0v) is 23.6. The first-order valence-corrected chi connectivity index (χ1v) is 13.3. The number of fused-ring (bicyclic) bond motifs is 2. The molecule has 2 N–H and O–H groups in total. The van der Waals surface area contributed by atoms with Crippen molar-refractivity contribution in [3.63, 3.8) is 0 Å². The summed E-state index contributed by atoms with van der Waals surface area (Å²) in [6.45, 7) is 11.9. The van der Waals surface area contributed by atoms with E-state index in [2.05, 4.69) is 49.4 Å². The molecule has 0 atom stereocenters. The number of imidazole rings is 1. The SMILES string of the molecule is C/C=C/C(=C\C(=C/C)c1ncc2ncnc(C3=C(C)Cc4c(ccnc4-n4cnc(C)c4)N3)c2c1F)NC(C)C. The van der Waals surface area contributed by atoms with Gasteiger partial charge in [0.15, 0.2) is 5.82 Å². The minimum Gasteiger partial charge on any atom is -0.383 e. The number of allylic oxidation sites excluding steroid dienone is 6. The van der Waals surface area contributed by atoms with Gasteiger partial charge in [-0.15, -0.1) is 0 Å². The molecule has 5 rings (SSSR count). The molecule has 204 valence electrons. The molecule has 0 saturated heterocycles. The van der Waals surface area contributed by atoms with Crippen molar-refractivity contribution in [2.24, 2.45) is 0 Å². The Morgan fingerprint density at radius 3 is 2.65 bits per heavy atom. The quantitative estimate of drug-likeness (QED) is 0.267. The highest BCUT2D eigenvalue weighted by molar-refractivity contribution is 5.96. The van der Waals surface area contributed by atoms with Gasteiger partial charge >= 0.3 is 0 Å².